The number of nitrogens with zero attached hydrogens (tertiary/aromatic N) is 7. The molecule has 0 radical (unpaired) electrons. The van der Waals surface area contributed by atoms with Crippen LogP contribution in [0.2, 0.25) is 0 Å². The molecule has 1 saturated heterocycles. The fourth-order valence-corrected chi connectivity index (χ4v) is 4.06. The summed E-state index contributed by atoms with van der Waals surface area (Å²) in [6, 6.07) is 5.96. The number of aromatic nitrogens is 6. The van der Waals surface area contributed by atoms with Crippen molar-refractivity contribution in [2.24, 2.45) is 0 Å². The number of hydrogen-bond donors (Lipinski definition) is 2. The predicted octanol–water partition coefficient (Wildman–Crippen LogP) is 2.62. The summed E-state index contributed by atoms with van der Waals surface area (Å²) in [6.07, 6.45) is 4.65. The smallest absolute Gasteiger partial charge is 0.251 e. The summed E-state index contributed by atoms with van der Waals surface area (Å²) in [5.41, 5.74) is 3.31. The number of imidazole rings is 1. The molecule has 162 valence electrons. The van der Waals surface area contributed by atoms with E-state index in [1.54, 1.807) is 26.3 Å². The molecule has 1 fully saturated rings. The third-order valence-corrected chi connectivity index (χ3v) is 5.60. The Labute approximate surface area is 177 Å². The SMILES string of the molecule is CNc1nc(NC2CCN(CC(F)F)CC2)nn2ccc(-c3ccc4nccn4n3)c12. The van der Waals surface area contributed by atoms with E-state index in [0.29, 0.717) is 24.9 Å². The first-order valence-electron chi connectivity index (χ1n) is 10.3. The molecular formula is C20H23F2N9. The van der Waals surface area contributed by atoms with Crippen molar-refractivity contribution in [1.82, 2.24) is 34.1 Å². The fraction of sp³-hybridized carbons (Fsp3) is 0.400. The number of anilines is 2. The van der Waals surface area contributed by atoms with Gasteiger partial charge in [0.25, 0.3) is 6.43 Å². The highest BCUT2D eigenvalue weighted by molar-refractivity contribution is 5.87. The van der Waals surface area contributed by atoms with Gasteiger partial charge in [0.1, 0.15) is 5.52 Å². The van der Waals surface area contributed by atoms with E-state index in [9.17, 15) is 8.78 Å². The Hall–Kier alpha value is -3.34. The standard InChI is InChI=1S/C20H23F2N9/c1-23-19-18-14(15-2-3-17-24-7-11-30(17)27-15)6-10-31(18)28-20(26-19)25-13-4-8-29(9-5-13)12-16(21)22/h2-3,6-7,10-11,13,16H,4-5,8-9,12H2,1H3,(H2,23,25,26,28). The highest BCUT2D eigenvalue weighted by atomic mass is 19.3. The minimum Gasteiger partial charge on any atom is -0.371 e. The van der Waals surface area contributed by atoms with E-state index in [4.69, 9.17) is 0 Å². The van der Waals surface area contributed by atoms with E-state index in [1.165, 1.54) is 0 Å². The number of piperidine rings is 1. The van der Waals surface area contributed by atoms with E-state index in [-0.39, 0.29) is 12.6 Å². The molecule has 0 atom stereocenters. The highest BCUT2D eigenvalue weighted by Crippen LogP contribution is 2.29. The first-order chi connectivity index (χ1) is 15.1. The van der Waals surface area contributed by atoms with Gasteiger partial charge in [0.05, 0.1) is 12.2 Å². The summed E-state index contributed by atoms with van der Waals surface area (Å²) in [6.45, 7) is 1.11. The largest absolute Gasteiger partial charge is 0.371 e. The number of halogens is 2. The molecule has 0 aromatic carbocycles. The summed E-state index contributed by atoms with van der Waals surface area (Å²) in [5, 5.41) is 15.8. The zero-order valence-electron chi connectivity index (χ0n) is 17.0. The van der Waals surface area contributed by atoms with Crippen LogP contribution in [0.1, 0.15) is 12.8 Å². The van der Waals surface area contributed by atoms with Crippen LogP contribution in [0.25, 0.3) is 22.4 Å². The predicted molar refractivity (Wildman–Crippen MR) is 114 cm³/mol. The van der Waals surface area contributed by atoms with Gasteiger partial charge < -0.3 is 10.6 Å². The lowest BCUT2D eigenvalue weighted by Crippen LogP contribution is -2.41. The van der Waals surface area contributed by atoms with Gasteiger partial charge in [0, 0.05) is 50.3 Å². The van der Waals surface area contributed by atoms with Crippen LogP contribution in [0.15, 0.2) is 36.8 Å². The van der Waals surface area contributed by atoms with E-state index in [2.05, 4.69) is 30.8 Å². The van der Waals surface area contributed by atoms with Crippen molar-refractivity contribution in [3.05, 3.63) is 36.8 Å². The average molecular weight is 427 g/mol. The van der Waals surface area contributed by atoms with Gasteiger partial charge in [-0.3, -0.25) is 4.90 Å². The maximum absolute atomic E-state index is 12.6. The van der Waals surface area contributed by atoms with Gasteiger partial charge in [-0.05, 0) is 31.0 Å². The Morgan fingerprint density at radius 2 is 1.94 bits per heavy atom. The molecule has 5 heterocycles. The van der Waals surface area contributed by atoms with Crippen LogP contribution in [-0.2, 0) is 0 Å². The van der Waals surface area contributed by atoms with Crippen LogP contribution in [0.4, 0.5) is 20.5 Å². The molecule has 2 N–H and O–H groups in total. The minimum atomic E-state index is -2.29. The zero-order chi connectivity index (χ0) is 21.4. The second-order valence-corrected chi connectivity index (χ2v) is 7.62. The highest BCUT2D eigenvalue weighted by Gasteiger charge is 2.23. The van der Waals surface area contributed by atoms with Crippen molar-refractivity contribution in [1.29, 1.82) is 0 Å². The second-order valence-electron chi connectivity index (χ2n) is 7.62. The van der Waals surface area contributed by atoms with Gasteiger partial charge in [0.15, 0.2) is 11.5 Å². The second kappa shape index (κ2) is 8.06. The van der Waals surface area contributed by atoms with Gasteiger partial charge in [-0.1, -0.05) is 0 Å². The molecule has 4 aromatic heterocycles. The monoisotopic (exact) mass is 427 g/mol. The molecule has 11 heteroatoms. The van der Waals surface area contributed by atoms with Gasteiger partial charge in [-0.15, -0.1) is 5.10 Å². The van der Waals surface area contributed by atoms with Gasteiger partial charge >= 0.3 is 0 Å². The maximum Gasteiger partial charge on any atom is 0.251 e. The van der Waals surface area contributed by atoms with Crippen molar-refractivity contribution in [2.45, 2.75) is 25.3 Å². The Morgan fingerprint density at radius 1 is 1.10 bits per heavy atom. The molecule has 1 aliphatic rings. The van der Waals surface area contributed by atoms with Crippen molar-refractivity contribution in [3.8, 4) is 11.3 Å². The van der Waals surface area contributed by atoms with Crippen molar-refractivity contribution in [2.75, 3.05) is 37.3 Å². The normalized spacial score (nSPS) is 15.9. The van der Waals surface area contributed by atoms with E-state index in [1.807, 2.05) is 31.4 Å². The van der Waals surface area contributed by atoms with Crippen LogP contribution in [0.3, 0.4) is 0 Å². The number of alkyl halides is 2. The molecule has 31 heavy (non-hydrogen) atoms. The number of rotatable bonds is 6. The third-order valence-electron chi connectivity index (χ3n) is 5.60. The Morgan fingerprint density at radius 3 is 2.71 bits per heavy atom. The van der Waals surface area contributed by atoms with Crippen LogP contribution >= 0.6 is 0 Å². The lowest BCUT2D eigenvalue weighted by molar-refractivity contribution is 0.0769. The molecule has 0 aliphatic carbocycles. The van der Waals surface area contributed by atoms with Crippen LogP contribution < -0.4 is 10.6 Å². The Balaban J connectivity index is 1.39. The topological polar surface area (TPSA) is 87.7 Å². The molecule has 0 amide bonds. The zero-order valence-corrected chi connectivity index (χ0v) is 17.0. The molecule has 4 aromatic rings. The molecule has 5 rings (SSSR count). The minimum absolute atomic E-state index is 0.149. The van der Waals surface area contributed by atoms with E-state index < -0.39 is 6.43 Å². The lowest BCUT2D eigenvalue weighted by atomic mass is 10.1. The van der Waals surface area contributed by atoms with Crippen LogP contribution in [0.5, 0.6) is 0 Å². The van der Waals surface area contributed by atoms with Crippen LogP contribution in [-0.4, -0.2) is 73.2 Å². The molecule has 0 bridgehead atoms. The summed E-state index contributed by atoms with van der Waals surface area (Å²) in [7, 11) is 1.82. The maximum atomic E-state index is 12.6. The first kappa shape index (κ1) is 19.6. The number of fused-ring (bicyclic) bond motifs is 2. The van der Waals surface area contributed by atoms with E-state index >= 15 is 0 Å². The summed E-state index contributed by atoms with van der Waals surface area (Å²) < 4.78 is 28.7. The number of hydrogen-bond acceptors (Lipinski definition) is 7. The molecule has 9 nitrogen and oxygen atoms in total. The number of nitrogens with one attached hydrogen (secondary N) is 2. The molecular weight excluding hydrogens is 404 g/mol. The lowest BCUT2D eigenvalue weighted by Gasteiger charge is -2.32. The fourth-order valence-electron chi connectivity index (χ4n) is 4.06. The van der Waals surface area contributed by atoms with Crippen LogP contribution in [0, 0.1) is 0 Å². The molecule has 0 saturated carbocycles. The van der Waals surface area contributed by atoms with Crippen molar-refractivity contribution < 1.29 is 8.78 Å². The number of likely N-dealkylation sites (tertiary alicyclic amines) is 1. The Kier molecular flexibility index (Phi) is 5.10. The van der Waals surface area contributed by atoms with Gasteiger partial charge in [-0.25, -0.2) is 22.8 Å². The molecule has 1 aliphatic heterocycles. The van der Waals surface area contributed by atoms with Gasteiger partial charge in [0.2, 0.25) is 5.95 Å². The van der Waals surface area contributed by atoms with E-state index in [0.717, 1.165) is 35.3 Å². The molecule has 0 spiro atoms. The van der Waals surface area contributed by atoms with Crippen molar-refractivity contribution in [3.63, 3.8) is 0 Å². The summed E-state index contributed by atoms with van der Waals surface area (Å²) >= 11 is 0. The Bertz CT molecular complexity index is 1190. The summed E-state index contributed by atoms with van der Waals surface area (Å²) in [4.78, 5) is 10.7. The quantitative estimate of drug-likeness (QED) is 0.489. The third kappa shape index (κ3) is 3.88. The molecule has 0 unspecified atom stereocenters. The first-order valence-corrected chi connectivity index (χ1v) is 10.3. The van der Waals surface area contributed by atoms with Crippen molar-refractivity contribution >= 4 is 22.9 Å². The summed E-state index contributed by atoms with van der Waals surface area (Å²) in [5.74, 6) is 1.18. The van der Waals surface area contributed by atoms with Gasteiger partial charge in [-0.2, -0.15) is 10.1 Å². The average Bonchev–Trinajstić information content (AvgIpc) is 3.40.